The molecule has 8 nitrogen and oxygen atoms in total. The highest BCUT2D eigenvalue weighted by Crippen LogP contribution is 2.34. The number of amides is 2. The maximum atomic E-state index is 14.2. The SMILES string of the molecule is C=N/C=C(\C=N/C)C(C)(C(=O)NC1CCOCC1)N(C(=O)[C@H](F)Cl)c1ccc(OC(F)(F)Cl)cc1. The summed E-state index contributed by atoms with van der Waals surface area (Å²) in [5, 5.41) is 2.86. The van der Waals surface area contributed by atoms with Gasteiger partial charge in [0, 0.05) is 61.6 Å². The molecular formula is C22H25Cl2F3N4O4. The summed E-state index contributed by atoms with van der Waals surface area (Å²) < 4.78 is 49.8. The van der Waals surface area contributed by atoms with E-state index >= 15 is 0 Å². The molecule has 192 valence electrons. The molecule has 1 aromatic rings. The Hall–Kier alpha value is -2.63. The molecule has 35 heavy (non-hydrogen) atoms. The first kappa shape index (κ1) is 28.6. The van der Waals surface area contributed by atoms with Crippen molar-refractivity contribution in [3.05, 3.63) is 36.0 Å². The number of ether oxygens (including phenoxy) is 2. The number of aliphatic imine (C=N–C) groups is 2. The van der Waals surface area contributed by atoms with Crippen LogP contribution < -0.4 is 15.0 Å². The average Bonchev–Trinajstić information content (AvgIpc) is 2.79. The number of benzene rings is 1. The van der Waals surface area contributed by atoms with Crippen molar-refractivity contribution >= 4 is 53.6 Å². The molecule has 0 aromatic heterocycles. The molecule has 0 aliphatic carbocycles. The van der Waals surface area contributed by atoms with Crippen LogP contribution >= 0.6 is 23.2 Å². The van der Waals surface area contributed by atoms with Crippen LogP contribution in [0.4, 0.5) is 18.9 Å². The molecule has 1 fully saturated rings. The molecule has 1 aliphatic rings. The van der Waals surface area contributed by atoms with Gasteiger partial charge in [-0.3, -0.25) is 24.5 Å². The van der Waals surface area contributed by atoms with Gasteiger partial charge >= 0.3 is 5.57 Å². The van der Waals surface area contributed by atoms with E-state index in [4.69, 9.17) is 27.9 Å². The first-order chi connectivity index (χ1) is 16.4. The normalized spacial score (nSPS) is 18.0. The molecule has 1 saturated heterocycles. The van der Waals surface area contributed by atoms with Gasteiger partial charge in [0.15, 0.2) is 5.54 Å². The molecule has 1 aliphatic heterocycles. The molecular weight excluding hydrogens is 512 g/mol. The predicted octanol–water partition coefficient (Wildman–Crippen LogP) is 4.06. The second-order valence-electron chi connectivity index (χ2n) is 7.60. The summed E-state index contributed by atoms with van der Waals surface area (Å²) in [6.07, 6.45) is 3.52. The maximum absolute atomic E-state index is 14.2. The summed E-state index contributed by atoms with van der Waals surface area (Å²) in [4.78, 5) is 35.2. The number of carbonyl (C=O) groups is 2. The lowest BCUT2D eigenvalue weighted by Crippen LogP contribution is -2.63. The molecule has 2 amide bonds. The van der Waals surface area contributed by atoms with Crippen molar-refractivity contribution in [1.82, 2.24) is 5.32 Å². The minimum atomic E-state index is -3.97. The molecule has 0 saturated carbocycles. The predicted molar refractivity (Wildman–Crippen MR) is 129 cm³/mol. The summed E-state index contributed by atoms with van der Waals surface area (Å²) in [6, 6.07) is 4.23. The average molecular weight is 537 g/mol. The van der Waals surface area contributed by atoms with Gasteiger partial charge in [0.05, 0.1) is 0 Å². The Kier molecular flexibility index (Phi) is 10.1. The van der Waals surface area contributed by atoms with E-state index in [2.05, 4.69) is 26.8 Å². The number of alkyl halides is 5. The fraction of sp³-hybridized carbons (Fsp3) is 0.455. The zero-order chi connectivity index (χ0) is 26.2. The number of nitrogens with one attached hydrogen (secondary N) is 1. The van der Waals surface area contributed by atoms with Crippen LogP contribution in [0.25, 0.3) is 0 Å². The van der Waals surface area contributed by atoms with Crippen LogP contribution in [-0.2, 0) is 14.3 Å². The summed E-state index contributed by atoms with van der Waals surface area (Å²) in [5.74, 6) is -2.31. The quantitative estimate of drug-likeness (QED) is 0.360. The highest BCUT2D eigenvalue weighted by atomic mass is 35.5. The van der Waals surface area contributed by atoms with Gasteiger partial charge in [-0.15, -0.1) is 8.78 Å². The van der Waals surface area contributed by atoms with E-state index < -0.39 is 28.6 Å². The van der Waals surface area contributed by atoms with Crippen LogP contribution in [0.3, 0.4) is 0 Å². The van der Waals surface area contributed by atoms with Crippen molar-refractivity contribution in [3.8, 4) is 5.75 Å². The minimum absolute atomic E-state index is 0.0485. The second-order valence-corrected chi connectivity index (χ2v) is 8.43. The first-order valence-corrected chi connectivity index (χ1v) is 11.2. The van der Waals surface area contributed by atoms with Gasteiger partial charge in [0.25, 0.3) is 17.4 Å². The highest BCUT2D eigenvalue weighted by molar-refractivity contribution is 6.32. The smallest absolute Gasteiger partial charge is 0.420 e. The molecule has 2 rings (SSSR count). The number of carbonyl (C=O) groups excluding carboxylic acids is 2. The molecule has 13 heteroatoms. The Morgan fingerprint density at radius 2 is 1.91 bits per heavy atom. The summed E-state index contributed by atoms with van der Waals surface area (Å²) in [5.41, 5.74) is -8.41. The lowest BCUT2D eigenvalue weighted by Gasteiger charge is -2.41. The molecule has 1 N–H and O–H groups in total. The maximum Gasteiger partial charge on any atom is 0.487 e. The Morgan fingerprint density at radius 1 is 1.31 bits per heavy atom. The van der Waals surface area contributed by atoms with Crippen LogP contribution in [-0.4, -0.2) is 67.8 Å². The summed E-state index contributed by atoms with van der Waals surface area (Å²) in [7, 11) is 1.43. The third-order valence-electron chi connectivity index (χ3n) is 5.24. The molecule has 2 atom stereocenters. The van der Waals surface area contributed by atoms with Crippen LogP contribution in [0.15, 0.2) is 46.0 Å². The van der Waals surface area contributed by atoms with Gasteiger partial charge in [-0.2, -0.15) is 0 Å². The monoisotopic (exact) mass is 536 g/mol. The van der Waals surface area contributed by atoms with Crippen molar-refractivity contribution in [2.24, 2.45) is 9.98 Å². The molecule has 0 radical (unpaired) electrons. The van der Waals surface area contributed by atoms with Crippen molar-refractivity contribution in [3.63, 3.8) is 0 Å². The Labute approximate surface area is 210 Å². The molecule has 1 unspecified atom stereocenters. The summed E-state index contributed by atoms with van der Waals surface area (Å²) >= 11 is 10.3. The minimum Gasteiger partial charge on any atom is -0.420 e. The fourth-order valence-electron chi connectivity index (χ4n) is 3.55. The van der Waals surface area contributed by atoms with E-state index in [1.165, 1.54) is 38.5 Å². The van der Waals surface area contributed by atoms with E-state index in [9.17, 15) is 22.8 Å². The Morgan fingerprint density at radius 3 is 2.40 bits per heavy atom. The van der Waals surface area contributed by atoms with E-state index in [1.54, 1.807) is 0 Å². The lowest BCUT2D eigenvalue weighted by atomic mass is 9.87. The van der Waals surface area contributed by atoms with Crippen LogP contribution in [0.5, 0.6) is 5.75 Å². The van der Waals surface area contributed by atoms with Crippen LogP contribution in [0.1, 0.15) is 19.8 Å². The number of hydrogen-bond acceptors (Lipinski definition) is 6. The van der Waals surface area contributed by atoms with Crippen molar-refractivity contribution in [2.75, 3.05) is 25.2 Å². The van der Waals surface area contributed by atoms with Crippen LogP contribution in [0.2, 0.25) is 0 Å². The number of hydrogen-bond donors (Lipinski definition) is 1. The van der Waals surface area contributed by atoms with Crippen LogP contribution in [0, 0.1) is 0 Å². The van der Waals surface area contributed by atoms with Gasteiger partial charge < -0.3 is 14.8 Å². The van der Waals surface area contributed by atoms with Gasteiger partial charge in [-0.1, -0.05) is 11.6 Å². The van der Waals surface area contributed by atoms with E-state index in [0.29, 0.717) is 26.1 Å². The van der Waals surface area contributed by atoms with Gasteiger partial charge in [0.1, 0.15) is 5.75 Å². The van der Waals surface area contributed by atoms with Crippen molar-refractivity contribution < 1.29 is 32.2 Å². The largest absolute Gasteiger partial charge is 0.487 e. The molecule has 0 bridgehead atoms. The molecule has 1 aromatic carbocycles. The van der Waals surface area contributed by atoms with Gasteiger partial charge in [-0.05, 0) is 50.7 Å². The first-order valence-electron chi connectivity index (χ1n) is 10.4. The number of nitrogens with zero attached hydrogens (tertiary/aromatic N) is 3. The zero-order valence-electron chi connectivity index (χ0n) is 19.0. The number of anilines is 1. The topological polar surface area (TPSA) is 92.6 Å². The van der Waals surface area contributed by atoms with Crippen molar-refractivity contribution in [1.29, 1.82) is 0 Å². The Bertz CT molecular complexity index is 964. The standard InChI is InChI=1S/C22H25Cl2F3N4O4/c1-21(14(12-28-2)13-29-3,20(33)30-15-8-10-34-11-9-15)31(19(32)18(23)25)16-4-6-17(7-5-16)35-22(24,26)27/h4-7,12-13,15,18H,2,8-11H2,1,3H3,(H,30,33)/b14-12+,29-13-/t18-,21?/m0/s1. The van der Waals surface area contributed by atoms with Gasteiger partial charge in [0.2, 0.25) is 0 Å². The van der Waals surface area contributed by atoms with E-state index in [1.807, 2.05) is 0 Å². The molecule has 1 heterocycles. The second kappa shape index (κ2) is 12.4. The summed E-state index contributed by atoms with van der Waals surface area (Å²) in [6.45, 7) is 5.60. The third kappa shape index (κ3) is 7.42. The molecule has 0 spiro atoms. The fourth-order valence-corrected chi connectivity index (χ4v) is 3.74. The van der Waals surface area contributed by atoms with E-state index in [0.717, 1.165) is 17.0 Å². The number of rotatable bonds is 10. The lowest BCUT2D eigenvalue weighted by molar-refractivity contribution is -0.130. The zero-order valence-corrected chi connectivity index (χ0v) is 20.5. The number of halogens is 5. The Balaban J connectivity index is 2.64. The highest BCUT2D eigenvalue weighted by Gasteiger charge is 2.48. The van der Waals surface area contributed by atoms with E-state index in [-0.39, 0.29) is 23.1 Å². The third-order valence-corrected chi connectivity index (χ3v) is 5.51. The van der Waals surface area contributed by atoms with Gasteiger partial charge in [-0.25, -0.2) is 4.39 Å². The van der Waals surface area contributed by atoms with Crippen molar-refractivity contribution in [2.45, 2.75) is 42.5 Å².